The number of amides is 1. The van der Waals surface area contributed by atoms with Crippen LogP contribution in [0.2, 0.25) is 5.02 Å². The number of halogens is 1. The number of ether oxygens (including phenoxy) is 1. The number of nitrogens with one attached hydrogen (secondary N) is 2. The van der Waals surface area contributed by atoms with Crippen LogP contribution in [0.1, 0.15) is 28.5 Å². The summed E-state index contributed by atoms with van der Waals surface area (Å²) in [4.78, 5) is 27.9. The van der Waals surface area contributed by atoms with Gasteiger partial charge < -0.3 is 15.0 Å². The predicted octanol–water partition coefficient (Wildman–Crippen LogP) is 4.62. The van der Waals surface area contributed by atoms with Crippen LogP contribution in [-0.2, 0) is 9.53 Å². The molecule has 0 aliphatic rings. The molecule has 1 atom stereocenters. The molecule has 2 N–H and O–H groups in total. The highest BCUT2D eigenvalue weighted by Gasteiger charge is 2.20. The summed E-state index contributed by atoms with van der Waals surface area (Å²) < 4.78 is 5.30. The standard InChI is InChI=1S/C20H19ClN2O3/c1-11-12(2)22-18-8-7-14(9-17(11)18)20(25)26-13(3)19(24)23-16-6-4-5-15(21)10-16/h4-10,13,22H,1-3H3,(H,23,24). The average Bonchev–Trinajstić information content (AvgIpc) is 2.88. The van der Waals surface area contributed by atoms with Crippen molar-refractivity contribution in [3.63, 3.8) is 0 Å². The number of aryl methyl sites for hydroxylation is 2. The molecule has 2 aromatic carbocycles. The molecule has 5 nitrogen and oxygen atoms in total. The van der Waals surface area contributed by atoms with E-state index in [-0.39, 0.29) is 0 Å². The Hall–Kier alpha value is -2.79. The van der Waals surface area contributed by atoms with Crippen molar-refractivity contribution in [2.24, 2.45) is 0 Å². The molecule has 1 unspecified atom stereocenters. The van der Waals surface area contributed by atoms with Crippen LogP contribution in [0.3, 0.4) is 0 Å². The molecule has 26 heavy (non-hydrogen) atoms. The Kier molecular flexibility index (Phi) is 5.00. The lowest BCUT2D eigenvalue weighted by molar-refractivity contribution is -0.123. The van der Waals surface area contributed by atoms with Gasteiger partial charge in [-0.25, -0.2) is 4.79 Å². The van der Waals surface area contributed by atoms with Gasteiger partial charge in [0.05, 0.1) is 5.56 Å². The number of benzene rings is 2. The minimum Gasteiger partial charge on any atom is -0.449 e. The molecule has 1 aromatic heterocycles. The van der Waals surface area contributed by atoms with Crippen molar-refractivity contribution in [3.8, 4) is 0 Å². The molecule has 0 spiro atoms. The lowest BCUT2D eigenvalue weighted by Crippen LogP contribution is -2.30. The van der Waals surface area contributed by atoms with Gasteiger partial charge in [-0.1, -0.05) is 17.7 Å². The summed E-state index contributed by atoms with van der Waals surface area (Å²) in [5.41, 5.74) is 4.05. The maximum atomic E-state index is 12.4. The molecule has 0 bridgehead atoms. The minimum atomic E-state index is -0.939. The van der Waals surface area contributed by atoms with E-state index in [1.165, 1.54) is 6.92 Å². The quantitative estimate of drug-likeness (QED) is 0.658. The molecule has 0 radical (unpaired) electrons. The number of carbonyl (C=O) groups is 2. The number of rotatable bonds is 4. The van der Waals surface area contributed by atoms with Gasteiger partial charge in [-0.05, 0) is 62.7 Å². The van der Waals surface area contributed by atoms with E-state index in [4.69, 9.17) is 16.3 Å². The van der Waals surface area contributed by atoms with Crippen LogP contribution in [0.25, 0.3) is 10.9 Å². The van der Waals surface area contributed by atoms with Gasteiger partial charge in [-0.2, -0.15) is 0 Å². The molecule has 3 rings (SSSR count). The zero-order valence-corrected chi connectivity index (χ0v) is 15.5. The monoisotopic (exact) mass is 370 g/mol. The number of aromatic nitrogens is 1. The van der Waals surface area contributed by atoms with Gasteiger partial charge in [0.25, 0.3) is 5.91 Å². The number of aromatic amines is 1. The smallest absolute Gasteiger partial charge is 0.338 e. The molecule has 134 valence electrons. The minimum absolute atomic E-state index is 0.405. The van der Waals surface area contributed by atoms with Crippen molar-refractivity contribution in [3.05, 3.63) is 64.3 Å². The fraction of sp³-hybridized carbons (Fsp3) is 0.200. The van der Waals surface area contributed by atoms with Crippen LogP contribution < -0.4 is 5.32 Å². The van der Waals surface area contributed by atoms with Gasteiger partial charge in [0.15, 0.2) is 6.10 Å². The number of esters is 1. The molecule has 0 fully saturated rings. The van der Waals surface area contributed by atoms with Crippen LogP contribution in [0.15, 0.2) is 42.5 Å². The SMILES string of the molecule is Cc1[nH]c2ccc(C(=O)OC(C)C(=O)Nc3cccc(Cl)c3)cc2c1C. The first-order valence-corrected chi connectivity index (χ1v) is 8.59. The van der Waals surface area contributed by atoms with Gasteiger partial charge in [-0.15, -0.1) is 0 Å². The summed E-state index contributed by atoms with van der Waals surface area (Å²) in [6, 6.07) is 12.1. The lowest BCUT2D eigenvalue weighted by Gasteiger charge is -2.14. The van der Waals surface area contributed by atoms with Crippen molar-refractivity contribution in [2.45, 2.75) is 26.9 Å². The first-order valence-electron chi connectivity index (χ1n) is 8.21. The van der Waals surface area contributed by atoms with E-state index < -0.39 is 18.0 Å². The van der Waals surface area contributed by atoms with Gasteiger partial charge in [0.2, 0.25) is 0 Å². The molecule has 1 amide bonds. The third kappa shape index (κ3) is 3.73. The predicted molar refractivity (Wildman–Crippen MR) is 103 cm³/mol. The molecule has 0 saturated heterocycles. The summed E-state index contributed by atoms with van der Waals surface area (Å²) in [6.45, 7) is 5.50. The van der Waals surface area contributed by atoms with E-state index in [9.17, 15) is 9.59 Å². The van der Waals surface area contributed by atoms with E-state index in [2.05, 4.69) is 10.3 Å². The average molecular weight is 371 g/mol. The Morgan fingerprint density at radius 2 is 1.92 bits per heavy atom. The maximum Gasteiger partial charge on any atom is 0.338 e. The second-order valence-corrected chi connectivity index (χ2v) is 6.62. The number of anilines is 1. The Labute approximate surface area is 156 Å². The summed E-state index contributed by atoms with van der Waals surface area (Å²) in [6.07, 6.45) is -0.939. The van der Waals surface area contributed by atoms with Crippen molar-refractivity contribution in [1.82, 2.24) is 4.98 Å². The molecular formula is C20H19ClN2O3. The normalized spacial score (nSPS) is 12.0. The molecule has 1 heterocycles. The first-order chi connectivity index (χ1) is 12.3. The highest BCUT2D eigenvalue weighted by Crippen LogP contribution is 2.23. The third-order valence-electron chi connectivity index (χ3n) is 4.29. The fourth-order valence-corrected chi connectivity index (χ4v) is 2.87. The Morgan fingerprint density at radius 1 is 1.15 bits per heavy atom. The zero-order chi connectivity index (χ0) is 18.8. The van der Waals surface area contributed by atoms with Crippen molar-refractivity contribution >= 4 is 40.1 Å². The highest BCUT2D eigenvalue weighted by molar-refractivity contribution is 6.30. The number of fused-ring (bicyclic) bond motifs is 1. The van der Waals surface area contributed by atoms with Gasteiger partial charge in [-0.3, -0.25) is 4.79 Å². The van der Waals surface area contributed by atoms with E-state index in [0.717, 1.165) is 22.2 Å². The Morgan fingerprint density at radius 3 is 2.65 bits per heavy atom. The Balaban J connectivity index is 1.70. The van der Waals surface area contributed by atoms with Gasteiger partial charge >= 0.3 is 5.97 Å². The second-order valence-electron chi connectivity index (χ2n) is 6.18. The van der Waals surface area contributed by atoms with Crippen LogP contribution in [0.4, 0.5) is 5.69 Å². The first kappa shape index (κ1) is 18.0. The number of hydrogen-bond donors (Lipinski definition) is 2. The van der Waals surface area contributed by atoms with Crippen LogP contribution in [0, 0.1) is 13.8 Å². The van der Waals surface area contributed by atoms with E-state index in [0.29, 0.717) is 16.3 Å². The van der Waals surface area contributed by atoms with E-state index in [1.807, 2.05) is 19.9 Å². The number of hydrogen-bond acceptors (Lipinski definition) is 3. The summed E-state index contributed by atoms with van der Waals surface area (Å²) in [5.74, 6) is -0.964. The fourth-order valence-electron chi connectivity index (χ4n) is 2.68. The maximum absolute atomic E-state index is 12.4. The van der Waals surface area contributed by atoms with E-state index in [1.54, 1.807) is 36.4 Å². The summed E-state index contributed by atoms with van der Waals surface area (Å²) in [5, 5.41) is 4.15. The van der Waals surface area contributed by atoms with Gasteiger partial charge in [0.1, 0.15) is 0 Å². The summed E-state index contributed by atoms with van der Waals surface area (Å²) in [7, 11) is 0. The van der Waals surface area contributed by atoms with E-state index >= 15 is 0 Å². The zero-order valence-electron chi connectivity index (χ0n) is 14.7. The van der Waals surface area contributed by atoms with Crippen LogP contribution in [0.5, 0.6) is 0 Å². The van der Waals surface area contributed by atoms with Crippen molar-refractivity contribution in [1.29, 1.82) is 0 Å². The second kappa shape index (κ2) is 7.22. The molecule has 0 saturated carbocycles. The largest absolute Gasteiger partial charge is 0.449 e. The molecule has 0 aliphatic carbocycles. The number of carbonyl (C=O) groups excluding carboxylic acids is 2. The third-order valence-corrected chi connectivity index (χ3v) is 4.52. The summed E-state index contributed by atoms with van der Waals surface area (Å²) >= 11 is 5.90. The Bertz CT molecular complexity index is 994. The molecule has 3 aromatic rings. The van der Waals surface area contributed by atoms with Crippen molar-refractivity contribution < 1.29 is 14.3 Å². The molecular weight excluding hydrogens is 352 g/mol. The van der Waals surface area contributed by atoms with Crippen LogP contribution >= 0.6 is 11.6 Å². The van der Waals surface area contributed by atoms with Gasteiger partial charge in [0, 0.05) is 27.3 Å². The number of H-pyrrole nitrogens is 1. The van der Waals surface area contributed by atoms with Crippen LogP contribution in [-0.4, -0.2) is 23.0 Å². The topological polar surface area (TPSA) is 71.2 Å². The lowest BCUT2D eigenvalue weighted by atomic mass is 10.1. The van der Waals surface area contributed by atoms with Crippen molar-refractivity contribution in [2.75, 3.05) is 5.32 Å². The highest BCUT2D eigenvalue weighted by atomic mass is 35.5. The molecule has 0 aliphatic heterocycles. The molecule has 6 heteroatoms.